The van der Waals surface area contributed by atoms with Gasteiger partial charge in [0.2, 0.25) is 0 Å². The van der Waals surface area contributed by atoms with Crippen molar-refractivity contribution in [2.24, 2.45) is 0 Å². The maximum Gasteiger partial charge on any atom is 0.270 e. The van der Waals surface area contributed by atoms with Crippen LogP contribution in [0.2, 0.25) is 0 Å². The third kappa shape index (κ3) is 3.30. The van der Waals surface area contributed by atoms with Gasteiger partial charge >= 0.3 is 0 Å². The Bertz CT molecular complexity index is 714. The Morgan fingerprint density at radius 2 is 2.25 bits per heavy atom. The lowest BCUT2D eigenvalue weighted by atomic mass is 10.1. The zero-order valence-corrected chi connectivity index (χ0v) is 13.5. The van der Waals surface area contributed by atoms with Crippen molar-refractivity contribution in [1.82, 2.24) is 19.8 Å². The van der Waals surface area contributed by atoms with Gasteiger partial charge in [0.25, 0.3) is 11.8 Å². The number of amides is 2. The van der Waals surface area contributed by atoms with Gasteiger partial charge in [0.15, 0.2) is 0 Å². The van der Waals surface area contributed by atoms with Gasteiger partial charge in [0, 0.05) is 39.1 Å². The number of nitrogens with zero attached hydrogens (tertiary/aromatic N) is 3. The number of nitrogens with one attached hydrogen (secondary N) is 1. The Hall–Kier alpha value is -2.67. The van der Waals surface area contributed by atoms with Crippen molar-refractivity contribution >= 4 is 11.8 Å². The molecule has 3 heterocycles. The molecule has 2 amide bonds. The molecule has 0 bridgehead atoms. The first kappa shape index (κ1) is 16.2. The summed E-state index contributed by atoms with van der Waals surface area (Å²) in [4.78, 5) is 30.6. The minimum atomic E-state index is -0.243. The van der Waals surface area contributed by atoms with E-state index in [2.05, 4.69) is 10.3 Å². The SMILES string of the molecule is COCCN1C(=O)c2cccn2CC1CNC(=O)c1ccccn1. The van der Waals surface area contributed by atoms with Crippen molar-refractivity contribution in [2.75, 3.05) is 26.8 Å². The molecule has 0 aromatic carbocycles. The molecule has 0 fully saturated rings. The van der Waals surface area contributed by atoms with Crippen molar-refractivity contribution in [3.05, 3.63) is 54.1 Å². The van der Waals surface area contributed by atoms with Gasteiger partial charge in [-0.1, -0.05) is 6.07 Å². The summed E-state index contributed by atoms with van der Waals surface area (Å²) in [6.07, 6.45) is 3.46. The number of aromatic nitrogens is 2. The van der Waals surface area contributed by atoms with Crippen LogP contribution in [0.25, 0.3) is 0 Å². The van der Waals surface area contributed by atoms with E-state index in [1.54, 1.807) is 36.4 Å². The molecule has 24 heavy (non-hydrogen) atoms. The molecule has 0 aliphatic carbocycles. The summed E-state index contributed by atoms with van der Waals surface area (Å²) in [5, 5.41) is 2.87. The molecule has 3 rings (SSSR count). The highest BCUT2D eigenvalue weighted by Gasteiger charge is 2.32. The Labute approximate surface area is 140 Å². The number of hydrogen-bond donors (Lipinski definition) is 1. The Kier molecular flexibility index (Phi) is 4.90. The highest BCUT2D eigenvalue weighted by Crippen LogP contribution is 2.18. The summed E-state index contributed by atoms with van der Waals surface area (Å²) in [7, 11) is 1.61. The first-order valence-electron chi connectivity index (χ1n) is 7.85. The molecule has 1 atom stereocenters. The second-order valence-corrected chi connectivity index (χ2v) is 5.62. The van der Waals surface area contributed by atoms with Crippen LogP contribution in [0.15, 0.2) is 42.7 Å². The van der Waals surface area contributed by atoms with Gasteiger partial charge in [-0.3, -0.25) is 14.6 Å². The molecule has 1 aliphatic rings. The summed E-state index contributed by atoms with van der Waals surface area (Å²) in [6.45, 7) is 1.95. The van der Waals surface area contributed by atoms with E-state index in [4.69, 9.17) is 4.74 Å². The van der Waals surface area contributed by atoms with Crippen LogP contribution in [0.4, 0.5) is 0 Å². The summed E-state index contributed by atoms with van der Waals surface area (Å²) in [5.41, 5.74) is 1.03. The molecule has 126 valence electrons. The van der Waals surface area contributed by atoms with Gasteiger partial charge in [0.05, 0.1) is 12.6 Å². The molecule has 0 spiro atoms. The fraction of sp³-hybridized carbons (Fsp3) is 0.353. The number of carbonyl (C=O) groups is 2. The molecular formula is C17H20N4O3. The number of hydrogen-bond acceptors (Lipinski definition) is 4. The molecular weight excluding hydrogens is 308 g/mol. The van der Waals surface area contributed by atoms with E-state index in [0.29, 0.717) is 37.6 Å². The molecule has 1 aliphatic heterocycles. The number of methoxy groups -OCH3 is 1. The number of carbonyl (C=O) groups excluding carboxylic acids is 2. The fourth-order valence-corrected chi connectivity index (χ4v) is 2.85. The predicted octanol–water partition coefficient (Wildman–Crippen LogP) is 0.784. The van der Waals surface area contributed by atoms with E-state index in [-0.39, 0.29) is 17.9 Å². The van der Waals surface area contributed by atoms with Crippen LogP contribution in [-0.4, -0.2) is 59.1 Å². The molecule has 0 saturated heterocycles. The minimum Gasteiger partial charge on any atom is -0.383 e. The highest BCUT2D eigenvalue weighted by molar-refractivity contribution is 5.94. The molecule has 0 radical (unpaired) electrons. The number of rotatable bonds is 6. The molecule has 2 aromatic rings. The van der Waals surface area contributed by atoms with Gasteiger partial charge in [-0.15, -0.1) is 0 Å². The largest absolute Gasteiger partial charge is 0.383 e. The molecule has 1 unspecified atom stereocenters. The quantitative estimate of drug-likeness (QED) is 0.850. The van der Waals surface area contributed by atoms with E-state index >= 15 is 0 Å². The lowest BCUT2D eigenvalue weighted by Gasteiger charge is -2.36. The smallest absolute Gasteiger partial charge is 0.270 e. The second kappa shape index (κ2) is 7.27. The van der Waals surface area contributed by atoms with Gasteiger partial charge in [0.1, 0.15) is 11.4 Å². The van der Waals surface area contributed by atoms with Crippen LogP contribution >= 0.6 is 0 Å². The molecule has 2 aromatic heterocycles. The Morgan fingerprint density at radius 1 is 1.38 bits per heavy atom. The van der Waals surface area contributed by atoms with Crippen LogP contribution in [0, 0.1) is 0 Å². The van der Waals surface area contributed by atoms with E-state index in [1.807, 2.05) is 22.9 Å². The Morgan fingerprint density at radius 3 is 3.00 bits per heavy atom. The van der Waals surface area contributed by atoms with Crippen molar-refractivity contribution < 1.29 is 14.3 Å². The Balaban J connectivity index is 1.70. The standard InChI is InChI=1S/C17H20N4O3/c1-24-10-9-21-13(12-20-8-4-6-15(20)17(21)23)11-19-16(22)14-5-2-3-7-18-14/h2-8,13H,9-12H2,1H3,(H,19,22). The average Bonchev–Trinajstić information content (AvgIpc) is 3.08. The summed E-state index contributed by atoms with van der Waals surface area (Å²) >= 11 is 0. The number of ether oxygens (including phenoxy) is 1. The lowest BCUT2D eigenvalue weighted by molar-refractivity contribution is 0.0504. The van der Waals surface area contributed by atoms with E-state index < -0.39 is 0 Å². The maximum atomic E-state index is 12.6. The van der Waals surface area contributed by atoms with Gasteiger partial charge in [-0.05, 0) is 24.3 Å². The van der Waals surface area contributed by atoms with Crippen molar-refractivity contribution in [3.8, 4) is 0 Å². The third-order valence-corrected chi connectivity index (χ3v) is 4.09. The van der Waals surface area contributed by atoms with Crippen LogP contribution < -0.4 is 5.32 Å². The predicted molar refractivity (Wildman–Crippen MR) is 87.7 cm³/mol. The minimum absolute atomic E-state index is 0.0413. The average molecular weight is 328 g/mol. The van der Waals surface area contributed by atoms with Gasteiger partial charge in [-0.2, -0.15) is 0 Å². The van der Waals surface area contributed by atoms with Crippen molar-refractivity contribution in [2.45, 2.75) is 12.6 Å². The lowest BCUT2D eigenvalue weighted by Crippen LogP contribution is -2.53. The molecule has 1 N–H and O–H groups in total. The highest BCUT2D eigenvalue weighted by atomic mass is 16.5. The second-order valence-electron chi connectivity index (χ2n) is 5.62. The van der Waals surface area contributed by atoms with Crippen LogP contribution in [0.1, 0.15) is 21.0 Å². The summed E-state index contributed by atoms with van der Waals surface area (Å²) < 4.78 is 7.03. The fourth-order valence-electron chi connectivity index (χ4n) is 2.85. The van der Waals surface area contributed by atoms with E-state index in [1.165, 1.54) is 0 Å². The van der Waals surface area contributed by atoms with E-state index in [9.17, 15) is 9.59 Å². The van der Waals surface area contributed by atoms with Crippen molar-refractivity contribution in [1.29, 1.82) is 0 Å². The zero-order chi connectivity index (χ0) is 16.9. The summed E-state index contributed by atoms with van der Waals surface area (Å²) in [5.74, 6) is -0.284. The number of pyridine rings is 1. The zero-order valence-electron chi connectivity index (χ0n) is 13.5. The normalized spacial score (nSPS) is 16.8. The monoisotopic (exact) mass is 328 g/mol. The molecule has 7 heteroatoms. The third-order valence-electron chi connectivity index (χ3n) is 4.09. The van der Waals surface area contributed by atoms with Crippen molar-refractivity contribution in [3.63, 3.8) is 0 Å². The first-order valence-corrected chi connectivity index (χ1v) is 7.85. The maximum absolute atomic E-state index is 12.6. The van der Waals surface area contributed by atoms with Gasteiger partial charge < -0.3 is 19.5 Å². The van der Waals surface area contributed by atoms with Gasteiger partial charge in [-0.25, -0.2) is 0 Å². The van der Waals surface area contributed by atoms with Crippen LogP contribution in [0.5, 0.6) is 0 Å². The first-order chi connectivity index (χ1) is 11.7. The topological polar surface area (TPSA) is 76.5 Å². The molecule has 0 saturated carbocycles. The summed E-state index contributed by atoms with van der Waals surface area (Å²) in [6, 6.07) is 8.73. The van der Waals surface area contributed by atoms with E-state index in [0.717, 1.165) is 0 Å². The number of fused-ring (bicyclic) bond motifs is 1. The molecule has 7 nitrogen and oxygen atoms in total. The van der Waals surface area contributed by atoms with Crippen LogP contribution in [0.3, 0.4) is 0 Å². The van der Waals surface area contributed by atoms with Crippen LogP contribution in [-0.2, 0) is 11.3 Å².